The van der Waals surface area contributed by atoms with E-state index in [0.717, 1.165) is 19.3 Å². The van der Waals surface area contributed by atoms with E-state index in [1.807, 2.05) is 0 Å². The molecule has 4 aliphatic rings. The van der Waals surface area contributed by atoms with Crippen LogP contribution in [0.3, 0.4) is 0 Å². The molecule has 4 aliphatic carbocycles. The number of rotatable bonds is 5. The second kappa shape index (κ2) is 6.72. The van der Waals surface area contributed by atoms with E-state index in [2.05, 4.69) is 15.6 Å². The monoisotopic (exact) mass is 406 g/mol. The Morgan fingerprint density at radius 1 is 1.14 bits per heavy atom. The van der Waals surface area contributed by atoms with E-state index < -0.39 is 12.7 Å². The summed E-state index contributed by atoms with van der Waals surface area (Å²) in [7, 11) is 0. The first-order valence-electron chi connectivity index (χ1n) is 10.4. The van der Waals surface area contributed by atoms with Crippen molar-refractivity contribution in [1.29, 1.82) is 0 Å². The van der Waals surface area contributed by atoms with Crippen LogP contribution >= 0.6 is 0 Å². The van der Waals surface area contributed by atoms with E-state index in [1.54, 1.807) is 28.8 Å². The summed E-state index contributed by atoms with van der Waals surface area (Å²) >= 11 is 0. The maximum absolute atomic E-state index is 13.2. The van der Waals surface area contributed by atoms with Gasteiger partial charge >= 0.3 is 6.18 Å². The van der Waals surface area contributed by atoms with Gasteiger partial charge in [0, 0.05) is 18.3 Å². The number of hydrogen-bond donors (Lipinski definition) is 2. The first-order chi connectivity index (χ1) is 13.8. The van der Waals surface area contributed by atoms with Crippen LogP contribution in [0.2, 0.25) is 0 Å². The number of nitrogens with zero attached hydrogens (tertiary/aromatic N) is 2. The summed E-state index contributed by atoms with van der Waals surface area (Å²) in [6.45, 7) is -1.13. The Balaban J connectivity index is 1.38. The number of imidazole rings is 1. The second-order valence-corrected chi connectivity index (χ2v) is 9.21. The molecule has 0 aromatic carbocycles. The van der Waals surface area contributed by atoms with Crippen LogP contribution in [0, 0.1) is 17.8 Å². The third kappa shape index (κ3) is 3.63. The molecule has 6 rings (SSSR count). The lowest BCUT2D eigenvalue weighted by Crippen LogP contribution is -2.60. The van der Waals surface area contributed by atoms with Crippen molar-refractivity contribution >= 4 is 11.4 Å². The molecule has 5 nitrogen and oxygen atoms in total. The Kier molecular flexibility index (Phi) is 4.38. The van der Waals surface area contributed by atoms with Crippen molar-refractivity contribution in [3.05, 3.63) is 35.9 Å². The molecule has 4 fully saturated rings. The molecule has 29 heavy (non-hydrogen) atoms. The summed E-state index contributed by atoms with van der Waals surface area (Å²) in [4.78, 5) is 17.6. The summed E-state index contributed by atoms with van der Waals surface area (Å²) in [5.41, 5.74) is 0.963. The maximum atomic E-state index is 13.2. The highest BCUT2D eigenvalue weighted by Gasteiger charge is 2.51. The average molecular weight is 406 g/mol. The molecule has 2 N–H and O–H groups in total. The average Bonchev–Trinajstić information content (AvgIpc) is 2.98. The minimum absolute atomic E-state index is 0.0440. The third-order valence-electron chi connectivity index (χ3n) is 6.86. The predicted octanol–water partition coefficient (Wildman–Crippen LogP) is 3.68. The summed E-state index contributed by atoms with van der Waals surface area (Å²) < 4.78 is 39.1. The van der Waals surface area contributed by atoms with Gasteiger partial charge in [0.15, 0.2) is 0 Å². The van der Waals surface area contributed by atoms with Gasteiger partial charge < -0.3 is 10.6 Å². The van der Waals surface area contributed by atoms with E-state index in [0.29, 0.717) is 29.0 Å². The van der Waals surface area contributed by atoms with Crippen molar-refractivity contribution in [2.24, 2.45) is 17.8 Å². The fourth-order valence-corrected chi connectivity index (χ4v) is 6.28. The highest BCUT2D eigenvalue weighted by atomic mass is 19.4. The summed E-state index contributed by atoms with van der Waals surface area (Å²) in [5.74, 6) is 2.15. The Hall–Kier alpha value is -2.09. The van der Waals surface area contributed by atoms with Crippen molar-refractivity contribution in [1.82, 2.24) is 20.0 Å². The molecule has 2 heterocycles. The van der Waals surface area contributed by atoms with Crippen LogP contribution in [0.25, 0.3) is 5.52 Å². The van der Waals surface area contributed by atoms with Crippen LogP contribution in [0.1, 0.15) is 54.8 Å². The van der Waals surface area contributed by atoms with Gasteiger partial charge in [-0.25, -0.2) is 4.98 Å². The number of fused-ring (bicyclic) bond motifs is 1. The number of amides is 1. The van der Waals surface area contributed by atoms with E-state index in [-0.39, 0.29) is 23.8 Å². The molecule has 4 bridgehead atoms. The number of carbonyl (C=O) groups is 1. The molecule has 0 radical (unpaired) electrons. The zero-order chi connectivity index (χ0) is 20.2. The predicted molar refractivity (Wildman–Crippen MR) is 101 cm³/mol. The molecule has 8 heteroatoms. The van der Waals surface area contributed by atoms with Crippen LogP contribution < -0.4 is 10.6 Å². The van der Waals surface area contributed by atoms with Crippen LogP contribution in [0.15, 0.2) is 24.4 Å². The zero-order valence-corrected chi connectivity index (χ0v) is 16.1. The van der Waals surface area contributed by atoms with Gasteiger partial charge in [0.05, 0.1) is 17.8 Å². The highest BCUT2D eigenvalue weighted by Crippen LogP contribution is 2.55. The summed E-state index contributed by atoms with van der Waals surface area (Å²) in [6, 6.07) is 5.37. The highest BCUT2D eigenvalue weighted by molar-refractivity contribution is 5.92. The standard InChI is InChI=1S/C21H25F3N4O/c22-21(23,24)12-25-11-16-17-3-1-2-4-28(17)18(26-16)19(29)27-20-8-13-5-14(9-20)7-15(6-13)10-20/h1-4,13-15,25H,5-12H2,(H,27,29). The van der Waals surface area contributed by atoms with Gasteiger partial charge in [-0.3, -0.25) is 9.20 Å². The molecular formula is C21H25F3N4O. The molecule has 0 aliphatic heterocycles. The molecular weight excluding hydrogens is 381 g/mol. The van der Waals surface area contributed by atoms with Crippen LogP contribution in [0.4, 0.5) is 13.2 Å². The van der Waals surface area contributed by atoms with Crippen molar-refractivity contribution < 1.29 is 18.0 Å². The van der Waals surface area contributed by atoms with E-state index >= 15 is 0 Å². The molecule has 0 atom stereocenters. The lowest BCUT2D eigenvalue weighted by Gasteiger charge is -2.56. The number of aromatic nitrogens is 2. The lowest BCUT2D eigenvalue weighted by molar-refractivity contribution is -0.125. The van der Waals surface area contributed by atoms with Crippen molar-refractivity contribution in [2.45, 2.75) is 56.8 Å². The second-order valence-electron chi connectivity index (χ2n) is 9.21. The van der Waals surface area contributed by atoms with Gasteiger partial charge in [0.2, 0.25) is 5.82 Å². The van der Waals surface area contributed by atoms with E-state index in [9.17, 15) is 18.0 Å². The van der Waals surface area contributed by atoms with Crippen molar-refractivity contribution in [3.63, 3.8) is 0 Å². The molecule has 156 valence electrons. The number of carbonyl (C=O) groups excluding carboxylic acids is 1. The Morgan fingerprint density at radius 3 is 2.41 bits per heavy atom. The normalized spacial score (nSPS) is 30.8. The maximum Gasteiger partial charge on any atom is 0.401 e. The van der Waals surface area contributed by atoms with Gasteiger partial charge in [0.1, 0.15) is 0 Å². The first-order valence-corrected chi connectivity index (χ1v) is 10.4. The number of hydrogen-bond acceptors (Lipinski definition) is 3. The topological polar surface area (TPSA) is 58.4 Å². The fourth-order valence-electron chi connectivity index (χ4n) is 6.28. The van der Waals surface area contributed by atoms with E-state index in [4.69, 9.17) is 0 Å². The fraction of sp³-hybridized carbons (Fsp3) is 0.619. The molecule has 4 saturated carbocycles. The Morgan fingerprint density at radius 2 is 1.79 bits per heavy atom. The number of pyridine rings is 1. The Bertz CT molecular complexity index is 900. The van der Waals surface area contributed by atoms with Crippen LogP contribution in [-0.4, -0.2) is 33.6 Å². The number of alkyl halides is 3. The SMILES string of the molecule is O=C(NC12CC3CC(CC(C3)C1)C2)c1nc(CNCC(F)(F)F)c2ccccn12. The Labute approximate surface area is 167 Å². The molecule has 0 unspecified atom stereocenters. The minimum Gasteiger partial charge on any atom is -0.344 e. The van der Waals surface area contributed by atoms with Crippen molar-refractivity contribution in [2.75, 3.05) is 6.54 Å². The minimum atomic E-state index is -4.28. The lowest BCUT2D eigenvalue weighted by atomic mass is 9.53. The number of nitrogens with one attached hydrogen (secondary N) is 2. The number of halogens is 3. The molecule has 2 aromatic rings. The quantitative estimate of drug-likeness (QED) is 0.796. The van der Waals surface area contributed by atoms with Gasteiger partial charge in [0.25, 0.3) is 5.91 Å². The third-order valence-corrected chi connectivity index (χ3v) is 6.86. The largest absolute Gasteiger partial charge is 0.401 e. The zero-order valence-electron chi connectivity index (χ0n) is 16.1. The van der Waals surface area contributed by atoms with Crippen LogP contribution in [0.5, 0.6) is 0 Å². The molecule has 1 amide bonds. The van der Waals surface area contributed by atoms with Gasteiger partial charge in [-0.1, -0.05) is 6.07 Å². The molecule has 2 aromatic heterocycles. The molecule has 0 saturated heterocycles. The smallest absolute Gasteiger partial charge is 0.344 e. The van der Waals surface area contributed by atoms with Gasteiger partial charge in [-0.05, 0) is 68.4 Å². The van der Waals surface area contributed by atoms with Gasteiger partial charge in [-0.2, -0.15) is 13.2 Å². The van der Waals surface area contributed by atoms with Gasteiger partial charge in [-0.15, -0.1) is 0 Å². The van der Waals surface area contributed by atoms with E-state index in [1.165, 1.54) is 19.3 Å². The van der Waals surface area contributed by atoms with Crippen LogP contribution in [-0.2, 0) is 6.54 Å². The summed E-state index contributed by atoms with van der Waals surface area (Å²) in [6.07, 6.45) is 4.43. The molecule has 0 spiro atoms. The first kappa shape index (κ1) is 18.9. The summed E-state index contributed by atoms with van der Waals surface area (Å²) in [5, 5.41) is 5.68. The van der Waals surface area contributed by atoms with Crippen molar-refractivity contribution in [3.8, 4) is 0 Å².